The van der Waals surface area contributed by atoms with Crippen LogP contribution in [0.5, 0.6) is 0 Å². The maximum absolute atomic E-state index is 13.9. The third-order valence-electron chi connectivity index (χ3n) is 4.13. The zero-order valence-corrected chi connectivity index (χ0v) is 9.36. The number of ether oxygens (including phenoxy) is 1. The lowest BCUT2D eigenvalue weighted by atomic mass is 9.56. The summed E-state index contributed by atoms with van der Waals surface area (Å²) < 4.78 is 46.4. The van der Waals surface area contributed by atoms with E-state index in [9.17, 15) is 18.0 Å². The van der Waals surface area contributed by atoms with Gasteiger partial charge in [-0.3, -0.25) is 4.79 Å². The lowest BCUT2D eigenvalue weighted by molar-refractivity contribution is -0.288. The van der Waals surface area contributed by atoms with E-state index in [4.69, 9.17) is 4.74 Å². The highest BCUT2D eigenvalue weighted by molar-refractivity contribution is 5.66. The topological polar surface area (TPSA) is 26.3 Å². The molecule has 0 saturated heterocycles. The monoisotopic (exact) mass is 236 g/mol. The van der Waals surface area contributed by atoms with Crippen LogP contribution in [0, 0.1) is 5.41 Å². The Bertz CT molecular complexity index is 319. The SMILES string of the molecule is CC(=O)OC12CCC(C)(CC1)C(F)(F)C2F. The number of carbonyl (C=O) groups excluding carboxylic acids is 1. The van der Waals surface area contributed by atoms with E-state index < -0.39 is 29.1 Å². The Morgan fingerprint density at radius 1 is 1.25 bits per heavy atom. The van der Waals surface area contributed by atoms with E-state index in [1.165, 1.54) is 6.92 Å². The second-order valence-corrected chi connectivity index (χ2v) is 5.20. The molecule has 0 heterocycles. The summed E-state index contributed by atoms with van der Waals surface area (Å²) in [5, 5.41) is 0. The number of esters is 1. The smallest absolute Gasteiger partial charge is 0.303 e. The van der Waals surface area contributed by atoms with Crippen molar-refractivity contribution < 1.29 is 22.7 Å². The van der Waals surface area contributed by atoms with Gasteiger partial charge in [-0.25, -0.2) is 13.2 Å². The van der Waals surface area contributed by atoms with Crippen LogP contribution in [0.4, 0.5) is 13.2 Å². The normalized spacial score (nSPS) is 45.4. The quantitative estimate of drug-likeness (QED) is 0.654. The molecule has 2 nitrogen and oxygen atoms in total. The minimum Gasteiger partial charge on any atom is -0.456 e. The van der Waals surface area contributed by atoms with Gasteiger partial charge in [0.25, 0.3) is 5.92 Å². The van der Waals surface area contributed by atoms with Crippen molar-refractivity contribution in [3.63, 3.8) is 0 Å². The molecule has 3 aliphatic carbocycles. The van der Waals surface area contributed by atoms with Gasteiger partial charge in [-0.2, -0.15) is 0 Å². The Balaban J connectivity index is 2.34. The Morgan fingerprint density at radius 3 is 2.19 bits per heavy atom. The van der Waals surface area contributed by atoms with Crippen molar-refractivity contribution in [1.82, 2.24) is 0 Å². The number of halogens is 3. The van der Waals surface area contributed by atoms with E-state index in [1.807, 2.05) is 0 Å². The van der Waals surface area contributed by atoms with Gasteiger partial charge in [0.2, 0.25) is 6.17 Å². The van der Waals surface area contributed by atoms with Crippen LogP contribution in [0.1, 0.15) is 39.5 Å². The molecule has 0 N–H and O–H groups in total. The van der Waals surface area contributed by atoms with Crippen LogP contribution in [-0.4, -0.2) is 23.7 Å². The van der Waals surface area contributed by atoms with Crippen LogP contribution in [0.15, 0.2) is 0 Å². The third-order valence-corrected chi connectivity index (χ3v) is 4.13. The molecular formula is C11H15F3O2. The zero-order valence-electron chi connectivity index (χ0n) is 9.36. The Morgan fingerprint density at radius 2 is 1.75 bits per heavy atom. The highest BCUT2D eigenvalue weighted by Crippen LogP contribution is 2.62. The van der Waals surface area contributed by atoms with E-state index in [0.717, 1.165) is 6.92 Å². The molecule has 5 heteroatoms. The molecule has 3 saturated carbocycles. The van der Waals surface area contributed by atoms with Gasteiger partial charge >= 0.3 is 5.97 Å². The maximum atomic E-state index is 13.9. The van der Waals surface area contributed by atoms with Gasteiger partial charge in [0, 0.05) is 12.3 Å². The van der Waals surface area contributed by atoms with E-state index in [1.54, 1.807) is 0 Å². The van der Waals surface area contributed by atoms with E-state index in [-0.39, 0.29) is 25.7 Å². The molecule has 3 rings (SSSR count). The Kier molecular flexibility index (Phi) is 2.30. The van der Waals surface area contributed by atoms with E-state index in [2.05, 4.69) is 0 Å². The summed E-state index contributed by atoms with van der Waals surface area (Å²) in [6, 6.07) is 0. The fourth-order valence-corrected chi connectivity index (χ4v) is 2.89. The number of hydrogen-bond donors (Lipinski definition) is 0. The van der Waals surface area contributed by atoms with E-state index in [0.29, 0.717) is 0 Å². The molecule has 0 radical (unpaired) electrons. The zero-order chi connectivity index (χ0) is 12.2. The Labute approximate surface area is 92.1 Å². The molecule has 0 aliphatic heterocycles. The van der Waals surface area contributed by atoms with Crippen molar-refractivity contribution in [1.29, 1.82) is 0 Å². The van der Waals surface area contributed by atoms with Crippen LogP contribution < -0.4 is 0 Å². The number of alkyl halides is 3. The van der Waals surface area contributed by atoms with Crippen LogP contribution in [0.25, 0.3) is 0 Å². The molecule has 0 spiro atoms. The second kappa shape index (κ2) is 3.14. The van der Waals surface area contributed by atoms with Crippen LogP contribution in [-0.2, 0) is 9.53 Å². The first-order chi connectivity index (χ1) is 7.24. The molecular weight excluding hydrogens is 221 g/mol. The highest BCUT2D eigenvalue weighted by atomic mass is 19.3. The van der Waals surface area contributed by atoms with Crippen molar-refractivity contribution in [3.05, 3.63) is 0 Å². The summed E-state index contributed by atoms with van der Waals surface area (Å²) in [6.45, 7) is 2.54. The van der Waals surface area contributed by atoms with Gasteiger partial charge in [0.15, 0.2) is 0 Å². The molecule has 3 fully saturated rings. The second-order valence-electron chi connectivity index (χ2n) is 5.20. The predicted molar refractivity (Wildman–Crippen MR) is 50.9 cm³/mol. The number of hydrogen-bond acceptors (Lipinski definition) is 2. The molecule has 0 amide bonds. The summed E-state index contributed by atoms with van der Waals surface area (Å²) in [7, 11) is 0. The molecule has 2 bridgehead atoms. The van der Waals surface area contributed by atoms with Crippen molar-refractivity contribution >= 4 is 5.97 Å². The average molecular weight is 236 g/mol. The van der Waals surface area contributed by atoms with Crippen LogP contribution in [0.2, 0.25) is 0 Å². The molecule has 1 unspecified atom stereocenters. The number of carbonyl (C=O) groups is 1. The van der Waals surface area contributed by atoms with Gasteiger partial charge in [0.1, 0.15) is 5.60 Å². The number of fused-ring (bicyclic) bond motifs is 3. The Hall–Kier alpha value is -0.740. The molecule has 0 aromatic rings. The summed E-state index contributed by atoms with van der Waals surface area (Å²) in [4.78, 5) is 10.9. The van der Waals surface area contributed by atoms with Gasteiger partial charge in [-0.15, -0.1) is 0 Å². The minimum absolute atomic E-state index is 0.194. The van der Waals surface area contributed by atoms with Crippen molar-refractivity contribution in [3.8, 4) is 0 Å². The van der Waals surface area contributed by atoms with Crippen molar-refractivity contribution in [2.75, 3.05) is 0 Å². The van der Waals surface area contributed by atoms with Crippen molar-refractivity contribution in [2.24, 2.45) is 5.41 Å². The standard InChI is InChI=1S/C11H15F3O2/c1-7(15)16-10-5-3-9(2,4-6-10)11(13,14)8(10)12/h8H,3-6H2,1-2H3. The molecule has 3 aliphatic rings. The number of rotatable bonds is 1. The summed E-state index contributed by atoms with van der Waals surface area (Å²) >= 11 is 0. The van der Waals surface area contributed by atoms with Crippen molar-refractivity contribution in [2.45, 2.75) is 57.2 Å². The van der Waals surface area contributed by atoms with Crippen LogP contribution in [0.3, 0.4) is 0 Å². The summed E-state index contributed by atoms with van der Waals surface area (Å²) in [5.74, 6) is -4.09. The molecule has 92 valence electrons. The van der Waals surface area contributed by atoms with Gasteiger partial charge < -0.3 is 4.74 Å². The van der Waals surface area contributed by atoms with Crippen LogP contribution >= 0.6 is 0 Å². The van der Waals surface area contributed by atoms with Gasteiger partial charge in [0.05, 0.1) is 0 Å². The van der Waals surface area contributed by atoms with Gasteiger partial charge in [-0.1, -0.05) is 6.92 Å². The first kappa shape index (κ1) is 11.7. The molecule has 0 aromatic carbocycles. The first-order valence-corrected chi connectivity index (χ1v) is 5.45. The molecule has 1 atom stereocenters. The third kappa shape index (κ3) is 1.29. The first-order valence-electron chi connectivity index (χ1n) is 5.45. The molecule has 0 aromatic heterocycles. The molecule has 16 heavy (non-hydrogen) atoms. The fourth-order valence-electron chi connectivity index (χ4n) is 2.89. The fraction of sp³-hybridized carbons (Fsp3) is 0.909. The predicted octanol–water partition coefficient (Wildman–Crippen LogP) is 2.86. The minimum atomic E-state index is -3.40. The van der Waals surface area contributed by atoms with E-state index >= 15 is 0 Å². The summed E-state index contributed by atoms with van der Waals surface area (Å²) in [5.41, 5.74) is -2.87. The summed E-state index contributed by atoms with van der Waals surface area (Å²) in [6.07, 6.45) is -1.59. The highest BCUT2D eigenvalue weighted by Gasteiger charge is 2.71. The largest absolute Gasteiger partial charge is 0.456 e. The lowest BCUT2D eigenvalue weighted by Crippen LogP contribution is -2.67. The maximum Gasteiger partial charge on any atom is 0.303 e. The van der Waals surface area contributed by atoms with Gasteiger partial charge in [-0.05, 0) is 25.7 Å². The lowest BCUT2D eigenvalue weighted by Gasteiger charge is -2.56. The average Bonchev–Trinajstić information content (AvgIpc) is 2.18.